The van der Waals surface area contributed by atoms with E-state index in [4.69, 9.17) is 0 Å². The SMILES string of the molecule is Br.CCC1CCCC[Si]1(CC)CC. The van der Waals surface area contributed by atoms with Crippen LogP contribution in [0.4, 0.5) is 0 Å². The summed E-state index contributed by atoms with van der Waals surface area (Å²) in [4.78, 5) is 0. The third-order valence-electron chi connectivity index (χ3n) is 4.24. The molecule has 0 bridgehead atoms. The van der Waals surface area contributed by atoms with Gasteiger partial charge in [-0.15, -0.1) is 17.0 Å². The molecular weight excluding hydrogens is 240 g/mol. The highest BCUT2D eigenvalue weighted by Crippen LogP contribution is 2.44. The molecule has 1 unspecified atom stereocenters. The largest absolute Gasteiger partial charge is 0.114 e. The molecule has 0 N–H and O–H groups in total. The van der Waals surface area contributed by atoms with Gasteiger partial charge in [0, 0.05) is 0 Å². The predicted molar refractivity (Wildman–Crippen MR) is 69.7 cm³/mol. The molecule has 0 nitrogen and oxygen atoms in total. The fraction of sp³-hybridized carbons (Fsp3) is 1.00. The number of hydrogen-bond donors (Lipinski definition) is 0. The molecule has 0 amide bonds. The van der Waals surface area contributed by atoms with Gasteiger partial charge in [-0.2, -0.15) is 0 Å². The highest BCUT2D eigenvalue weighted by molar-refractivity contribution is 8.93. The van der Waals surface area contributed by atoms with Gasteiger partial charge >= 0.3 is 0 Å². The second-order valence-corrected chi connectivity index (χ2v) is 9.88. The van der Waals surface area contributed by atoms with Gasteiger partial charge in [-0.05, 0) is 5.54 Å². The zero-order valence-electron chi connectivity index (χ0n) is 9.44. The van der Waals surface area contributed by atoms with Crippen molar-refractivity contribution in [3.8, 4) is 0 Å². The molecule has 0 aromatic rings. The van der Waals surface area contributed by atoms with E-state index in [1.807, 2.05) is 0 Å². The van der Waals surface area contributed by atoms with Crippen LogP contribution < -0.4 is 0 Å². The van der Waals surface area contributed by atoms with Crippen molar-refractivity contribution >= 4 is 25.1 Å². The van der Waals surface area contributed by atoms with Crippen LogP contribution in [0.2, 0.25) is 23.7 Å². The van der Waals surface area contributed by atoms with E-state index >= 15 is 0 Å². The Kier molecular flexibility index (Phi) is 6.57. The molecule has 80 valence electrons. The molecule has 1 atom stereocenters. The van der Waals surface area contributed by atoms with Gasteiger partial charge in [0.25, 0.3) is 0 Å². The number of halogens is 1. The summed E-state index contributed by atoms with van der Waals surface area (Å²) in [6, 6.07) is 4.72. The lowest BCUT2D eigenvalue weighted by atomic mass is 10.1. The minimum Gasteiger partial charge on any atom is -0.114 e. The zero-order chi connectivity index (χ0) is 9.03. The molecular formula is C11H25BrSi. The van der Waals surface area contributed by atoms with Gasteiger partial charge in [0.05, 0.1) is 8.07 Å². The minimum absolute atomic E-state index is 0. The zero-order valence-corrected chi connectivity index (χ0v) is 12.1. The standard InChI is InChI=1S/C11H24Si.BrH/c1-4-11-9-7-8-10-12(11,5-2)6-3;/h11H,4-10H2,1-3H3;1H. The lowest BCUT2D eigenvalue weighted by Crippen LogP contribution is -2.40. The molecule has 1 aliphatic rings. The Morgan fingerprint density at radius 1 is 1.08 bits per heavy atom. The van der Waals surface area contributed by atoms with Crippen molar-refractivity contribution in [3.05, 3.63) is 0 Å². The lowest BCUT2D eigenvalue weighted by Gasteiger charge is -2.41. The van der Waals surface area contributed by atoms with Crippen LogP contribution in [0.3, 0.4) is 0 Å². The predicted octanol–water partition coefficient (Wildman–Crippen LogP) is 5.02. The first-order valence-corrected chi connectivity index (χ1v) is 8.49. The van der Waals surface area contributed by atoms with Gasteiger partial charge in [0.2, 0.25) is 0 Å². The third-order valence-corrected chi connectivity index (χ3v) is 10.8. The van der Waals surface area contributed by atoms with Crippen LogP contribution in [0.5, 0.6) is 0 Å². The molecule has 2 heteroatoms. The lowest BCUT2D eigenvalue weighted by molar-refractivity contribution is 0.584. The molecule has 1 fully saturated rings. The molecule has 1 saturated heterocycles. The van der Waals surface area contributed by atoms with Crippen LogP contribution in [0.1, 0.15) is 46.5 Å². The molecule has 1 heterocycles. The van der Waals surface area contributed by atoms with Gasteiger partial charge in [-0.3, -0.25) is 0 Å². The first-order valence-electron chi connectivity index (χ1n) is 5.79. The first-order chi connectivity index (χ1) is 5.79. The van der Waals surface area contributed by atoms with Crippen molar-refractivity contribution in [2.24, 2.45) is 0 Å². The second-order valence-electron chi connectivity index (χ2n) is 4.42. The van der Waals surface area contributed by atoms with Crippen molar-refractivity contribution in [3.63, 3.8) is 0 Å². The van der Waals surface area contributed by atoms with E-state index in [1.165, 1.54) is 18.4 Å². The van der Waals surface area contributed by atoms with E-state index in [2.05, 4.69) is 20.8 Å². The molecule has 1 aliphatic heterocycles. The van der Waals surface area contributed by atoms with Crippen molar-refractivity contribution in [2.75, 3.05) is 0 Å². The van der Waals surface area contributed by atoms with Gasteiger partial charge < -0.3 is 0 Å². The molecule has 0 aromatic heterocycles. The summed E-state index contributed by atoms with van der Waals surface area (Å²) < 4.78 is 0. The van der Waals surface area contributed by atoms with Crippen molar-refractivity contribution in [2.45, 2.75) is 70.1 Å². The highest BCUT2D eigenvalue weighted by Gasteiger charge is 2.38. The van der Waals surface area contributed by atoms with E-state index in [1.54, 1.807) is 31.0 Å². The van der Waals surface area contributed by atoms with E-state index < -0.39 is 8.07 Å². The van der Waals surface area contributed by atoms with Gasteiger partial charge in [0.1, 0.15) is 0 Å². The summed E-state index contributed by atoms with van der Waals surface area (Å²) in [6.07, 6.45) is 6.09. The van der Waals surface area contributed by atoms with Gasteiger partial charge in [0.15, 0.2) is 0 Å². The maximum atomic E-state index is 2.45. The highest BCUT2D eigenvalue weighted by atomic mass is 79.9. The van der Waals surface area contributed by atoms with Crippen LogP contribution in [0, 0.1) is 0 Å². The van der Waals surface area contributed by atoms with E-state index in [-0.39, 0.29) is 17.0 Å². The summed E-state index contributed by atoms with van der Waals surface area (Å²) in [5, 5.41) is 0. The maximum absolute atomic E-state index is 2.45. The fourth-order valence-electron chi connectivity index (χ4n) is 3.20. The molecule has 1 rings (SSSR count). The number of hydrogen-bond acceptors (Lipinski definition) is 0. The smallest absolute Gasteiger partial charge is 0.0561 e. The third kappa shape index (κ3) is 2.82. The summed E-state index contributed by atoms with van der Waals surface area (Å²) >= 11 is 0. The fourth-order valence-corrected chi connectivity index (χ4v) is 8.60. The topological polar surface area (TPSA) is 0 Å². The summed E-state index contributed by atoms with van der Waals surface area (Å²) in [5.74, 6) is 0. The van der Waals surface area contributed by atoms with E-state index in [0.29, 0.717) is 0 Å². The normalized spacial score (nSPS) is 26.5. The maximum Gasteiger partial charge on any atom is 0.0561 e. The van der Waals surface area contributed by atoms with Crippen LogP contribution in [-0.2, 0) is 0 Å². The van der Waals surface area contributed by atoms with Crippen LogP contribution >= 0.6 is 17.0 Å². The van der Waals surface area contributed by atoms with Crippen LogP contribution in [0.25, 0.3) is 0 Å². The Morgan fingerprint density at radius 3 is 2.08 bits per heavy atom. The van der Waals surface area contributed by atoms with Gasteiger partial charge in [-0.25, -0.2) is 0 Å². The first kappa shape index (κ1) is 13.7. The molecule has 0 aromatic carbocycles. The Morgan fingerprint density at radius 2 is 1.69 bits per heavy atom. The van der Waals surface area contributed by atoms with Crippen molar-refractivity contribution < 1.29 is 0 Å². The Hall–Kier alpha value is 0.697. The Bertz CT molecular complexity index is 132. The average Bonchev–Trinajstić information content (AvgIpc) is 2.17. The monoisotopic (exact) mass is 264 g/mol. The van der Waals surface area contributed by atoms with Crippen LogP contribution in [-0.4, -0.2) is 8.07 Å². The van der Waals surface area contributed by atoms with Gasteiger partial charge in [-0.1, -0.05) is 64.6 Å². The van der Waals surface area contributed by atoms with Crippen molar-refractivity contribution in [1.29, 1.82) is 0 Å². The molecule has 13 heavy (non-hydrogen) atoms. The van der Waals surface area contributed by atoms with E-state index in [0.717, 1.165) is 0 Å². The Labute approximate surface area is 95.3 Å². The molecule has 0 aliphatic carbocycles. The van der Waals surface area contributed by atoms with Crippen molar-refractivity contribution in [1.82, 2.24) is 0 Å². The van der Waals surface area contributed by atoms with E-state index in [9.17, 15) is 0 Å². The quantitative estimate of drug-likeness (QED) is 0.629. The van der Waals surface area contributed by atoms with Crippen LogP contribution in [0.15, 0.2) is 0 Å². The summed E-state index contributed by atoms with van der Waals surface area (Å²) in [6.45, 7) is 7.30. The molecule has 0 radical (unpaired) electrons. The average molecular weight is 265 g/mol. The summed E-state index contributed by atoms with van der Waals surface area (Å²) in [5.41, 5.74) is 1.17. The summed E-state index contributed by atoms with van der Waals surface area (Å²) in [7, 11) is -0.760. The molecule has 0 saturated carbocycles. The Balaban J connectivity index is 0.00000144. The number of rotatable bonds is 3. The second kappa shape index (κ2) is 6.23. The minimum atomic E-state index is -0.760. The molecule has 0 spiro atoms.